The molecule has 0 aromatic carbocycles. The lowest BCUT2D eigenvalue weighted by Gasteiger charge is -2.51. The molecule has 3 rings (SSSR count). The number of rotatable bonds is 7. The molecule has 13 heteroatoms. The lowest BCUT2D eigenvalue weighted by molar-refractivity contribution is -0.160. The number of hydrogen-bond acceptors (Lipinski definition) is 10. The van der Waals surface area contributed by atoms with Crippen LogP contribution in [0.5, 0.6) is 0 Å². The maximum atomic E-state index is 12.6. The normalized spacial score (nSPS) is 24.1. The lowest BCUT2D eigenvalue weighted by Crippen LogP contribution is -2.74. The number of thiazole rings is 1. The fourth-order valence-corrected chi connectivity index (χ4v) is 4.65. The summed E-state index contributed by atoms with van der Waals surface area (Å²) in [6.07, 6.45) is 0. The lowest BCUT2D eigenvalue weighted by atomic mass is 9.98. The molecule has 4 N–H and O–H groups in total. The monoisotopic (exact) mass is 427 g/mol. The van der Waals surface area contributed by atoms with Gasteiger partial charge in [-0.3, -0.25) is 9.59 Å². The van der Waals surface area contributed by atoms with Crippen molar-refractivity contribution in [2.75, 3.05) is 26.6 Å². The topological polar surface area (TPSA) is 156 Å². The zero-order valence-electron chi connectivity index (χ0n) is 14.8. The summed E-state index contributed by atoms with van der Waals surface area (Å²) < 4.78 is 5.01. The molecule has 0 aliphatic carbocycles. The first-order chi connectivity index (χ1) is 13.4. The van der Waals surface area contributed by atoms with E-state index in [1.54, 1.807) is 5.41 Å². The van der Waals surface area contributed by atoms with E-state index in [1.807, 2.05) is 0 Å². The van der Waals surface area contributed by atoms with Crippen molar-refractivity contribution in [3.8, 4) is 0 Å². The second kappa shape index (κ2) is 8.16. The van der Waals surface area contributed by atoms with Gasteiger partial charge < -0.3 is 30.6 Å². The summed E-state index contributed by atoms with van der Waals surface area (Å²) in [5.74, 6) is -2.34. The average Bonchev–Trinajstić information content (AvgIpc) is 3.09. The molecular formula is C15H17N5O6S2. The van der Waals surface area contributed by atoms with E-state index in [1.165, 1.54) is 36.3 Å². The van der Waals surface area contributed by atoms with Crippen molar-refractivity contribution < 1.29 is 29.1 Å². The van der Waals surface area contributed by atoms with Crippen LogP contribution in [0.25, 0.3) is 0 Å². The number of nitrogen functional groups attached to an aromatic ring is 1. The zero-order valence-corrected chi connectivity index (χ0v) is 16.5. The summed E-state index contributed by atoms with van der Waals surface area (Å²) in [5.41, 5.74) is 6.14. The van der Waals surface area contributed by atoms with Crippen LogP contribution >= 0.6 is 23.1 Å². The number of fused-ring (bicyclic) bond motifs is 1. The summed E-state index contributed by atoms with van der Waals surface area (Å²) in [5, 5.41) is 18.6. The number of methoxy groups -OCH3 is 1. The number of carboxylic acids is 1. The van der Waals surface area contributed by atoms with Gasteiger partial charge in [-0.15, -0.1) is 23.1 Å². The number of thioether (sulfide) groups is 1. The maximum absolute atomic E-state index is 12.6. The van der Waals surface area contributed by atoms with Crippen molar-refractivity contribution in [1.82, 2.24) is 15.2 Å². The Morgan fingerprint density at radius 3 is 2.79 bits per heavy atom. The largest absolute Gasteiger partial charge is 0.479 e. The molecule has 0 bridgehead atoms. The number of nitrogens with two attached hydrogens (primary N) is 1. The molecule has 28 heavy (non-hydrogen) atoms. The maximum Gasteiger partial charge on any atom is 0.330 e. The molecule has 1 aromatic heterocycles. The van der Waals surface area contributed by atoms with E-state index in [9.17, 15) is 19.5 Å². The van der Waals surface area contributed by atoms with E-state index >= 15 is 0 Å². The molecule has 0 radical (unpaired) electrons. The van der Waals surface area contributed by atoms with Gasteiger partial charge in [0.1, 0.15) is 24.2 Å². The molecule has 150 valence electrons. The van der Waals surface area contributed by atoms with Gasteiger partial charge in [0, 0.05) is 12.5 Å². The first kappa shape index (κ1) is 20.1. The highest BCUT2D eigenvalue weighted by Crippen LogP contribution is 2.40. The molecule has 1 aromatic rings. The molecule has 2 aliphatic rings. The minimum atomic E-state index is -1.16. The average molecular weight is 427 g/mol. The summed E-state index contributed by atoms with van der Waals surface area (Å²) in [4.78, 5) is 46.7. The molecule has 3 atom stereocenters. The van der Waals surface area contributed by atoms with Gasteiger partial charge in [-0.25, -0.2) is 9.78 Å². The molecule has 1 saturated heterocycles. The number of hydrogen-bond donors (Lipinski definition) is 3. The van der Waals surface area contributed by atoms with Crippen molar-refractivity contribution in [3.05, 3.63) is 22.1 Å². The second-order valence-electron chi connectivity index (χ2n) is 5.78. The van der Waals surface area contributed by atoms with Crippen LogP contribution in [0.2, 0.25) is 0 Å². The molecular weight excluding hydrogens is 410 g/mol. The second-order valence-corrected chi connectivity index (χ2v) is 7.66. The van der Waals surface area contributed by atoms with Crippen molar-refractivity contribution >= 4 is 51.7 Å². The highest BCUT2D eigenvalue weighted by molar-refractivity contribution is 8.02. The van der Waals surface area contributed by atoms with Crippen LogP contribution in [-0.4, -0.2) is 76.8 Å². The quantitative estimate of drug-likeness (QED) is 0.295. The minimum absolute atomic E-state index is 0.0907. The van der Waals surface area contributed by atoms with E-state index < -0.39 is 35.2 Å². The van der Waals surface area contributed by atoms with Crippen LogP contribution in [0.15, 0.2) is 21.5 Å². The van der Waals surface area contributed by atoms with Crippen LogP contribution in [0, 0.1) is 0 Å². The number of carbonyl (C=O) groups is 3. The molecule has 11 nitrogen and oxygen atoms in total. The van der Waals surface area contributed by atoms with Gasteiger partial charge in [-0.05, 0) is 11.0 Å². The SMILES string of the molecule is COCC1=CS[C@@H]2[C@H](NC(=O)/C(=N/OC)c3csc(N)n3)C(=O)N2[C@H]1C(=O)O. The first-order valence-electron chi connectivity index (χ1n) is 7.90. The number of carbonyl (C=O) groups excluding carboxylic acids is 2. The standard InChI is InChI=1S/C15H17N5O6S2/c1-25-3-6-4-27-13-9(12(22)20(13)10(6)14(23)24)18-11(21)8(19-26-2)7-5-28-15(16)17-7/h4-5,9-10,13H,3H2,1-2H3,(H2,16,17)(H,18,21)(H,23,24)/b19-8+/t9-,10-,13-/m1/s1. The van der Waals surface area contributed by atoms with Gasteiger partial charge >= 0.3 is 5.97 Å². The number of nitrogens with one attached hydrogen (secondary N) is 1. The number of amides is 2. The van der Waals surface area contributed by atoms with E-state index in [0.717, 1.165) is 11.3 Å². The third-order valence-corrected chi connectivity index (χ3v) is 5.95. The van der Waals surface area contributed by atoms with Crippen LogP contribution in [0.3, 0.4) is 0 Å². The number of oxime groups is 1. The van der Waals surface area contributed by atoms with Gasteiger partial charge in [0.05, 0.1) is 6.61 Å². The third-order valence-electron chi connectivity index (χ3n) is 4.06. The van der Waals surface area contributed by atoms with Crippen molar-refractivity contribution in [1.29, 1.82) is 0 Å². The predicted octanol–water partition coefficient (Wildman–Crippen LogP) is -0.541. The Labute approximate surface area is 167 Å². The Kier molecular flexibility index (Phi) is 5.86. The van der Waals surface area contributed by atoms with E-state index in [2.05, 4.69) is 15.5 Å². The Balaban J connectivity index is 1.77. The fraction of sp³-hybridized carbons (Fsp3) is 0.400. The molecule has 2 aliphatic heterocycles. The first-order valence-corrected chi connectivity index (χ1v) is 9.73. The molecule has 0 spiro atoms. The van der Waals surface area contributed by atoms with Crippen molar-refractivity contribution in [2.45, 2.75) is 17.5 Å². The number of aromatic nitrogens is 1. The third kappa shape index (κ3) is 3.55. The van der Waals surface area contributed by atoms with Gasteiger partial charge in [0.15, 0.2) is 16.9 Å². The smallest absolute Gasteiger partial charge is 0.330 e. The van der Waals surface area contributed by atoms with Gasteiger partial charge in [-0.1, -0.05) is 5.16 Å². The van der Waals surface area contributed by atoms with Crippen molar-refractivity contribution in [3.63, 3.8) is 0 Å². The number of β-lactam (4-membered cyclic amide) rings is 1. The fourth-order valence-electron chi connectivity index (χ4n) is 2.90. The van der Waals surface area contributed by atoms with Gasteiger partial charge in [0.2, 0.25) is 5.91 Å². The Morgan fingerprint density at radius 1 is 1.46 bits per heavy atom. The van der Waals surface area contributed by atoms with E-state index in [-0.39, 0.29) is 23.1 Å². The molecule has 0 saturated carbocycles. The highest BCUT2D eigenvalue weighted by atomic mass is 32.2. The number of aliphatic carboxylic acids is 1. The summed E-state index contributed by atoms with van der Waals surface area (Å²) >= 11 is 2.37. The van der Waals surface area contributed by atoms with Crippen LogP contribution < -0.4 is 11.1 Å². The Hall–Kier alpha value is -2.64. The molecule has 1 fully saturated rings. The minimum Gasteiger partial charge on any atom is -0.479 e. The van der Waals surface area contributed by atoms with Crippen LogP contribution in [-0.2, 0) is 24.0 Å². The summed E-state index contributed by atoms with van der Waals surface area (Å²) in [6.45, 7) is 0.0907. The molecule has 2 amide bonds. The Bertz CT molecular complexity index is 869. The molecule has 0 unspecified atom stereocenters. The number of anilines is 1. The number of nitrogens with zero attached hydrogens (tertiary/aromatic N) is 3. The van der Waals surface area contributed by atoms with E-state index in [4.69, 9.17) is 15.3 Å². The van der Waals surface area contributed by atoms with Crippen LogP contribution in [0.1, 0.15) is 5.69 Å². The zero-order chi connectivity index (χ0) is 20.4. The summed E-state index contributed by atoms with van der Waals surface area (Å²) in [6, 6.07) is -2.03. The number of carboxylic acid groups (broad SMARTS) is 1. The summed E-state index contributed by atoms with van der Waals surface area (Å²) in [7, 11) is 2.72. The highest BCUT2D eigenvalue weighted by Gasteiger charge is 2.56. The number of ether oxygens (including phenoxy) is 1. The van der Waals surface area contributed by atoms with E-state index in [0.29, 0.717) is 5.57 Å². The van der Waals surface area contributed by atoms with Gasteiger partial charge in [0.25, 0.3) is 5.91 Å². The van der Waals surface area contributed by atoms with Gasteiger partial charge in [-0.2, -0.15) is 0 Å². The van der Waals surface area contributed by atoms with Crippen LogP contribution in [0.4, 0.5) is 5.13 Å². The molecule has 3 heterocycles. The van der Waals surface area contributed by atoms with Crippen molar-refractivity contribution in [2.24, 2.45) is 5.16 Å². The predicted molar refractivity (Wildman–Crippen MR) is 102 cm³/mol. The Morgan fingerprint density at radius 2 is 2.21 bits per heavy atom.